The van der Waals surface area contributed by atoms with Gasteiger partial charge in [-0.15, -0.1) is 0 Å². The van der Waals surface area contributed by atoms with Crippen LogP contribution in [0.15, 0.2) is 12.3 Å². The molecule has 1 saturated heterocycles. The maximum atomic E-state index is 4.60. The molecule has 0 aliphatic carbocycles. The Balaban J connectivity index is 1.87. The van der Waals surface area contributed by atoms with E-state index in [0.717, 1.165) is 44.5 Å². The summed E-state index contributed by atoms with van der Waals surface area (Å²) in [5.74, 6) is 1.80. The lowest BCUT2D eigenvalue weighted by atomic mass is 10.2. The molecule has 0 amide bonds. The predicted octanol–water partition coefficient (Wildman–Crippen LogP) is 1.83. The van der Waals surface area contributed by atoms with Gasteiger partial charge in [0, 0.05) is 38.9 Å². The van der Waals surface area contributed by atoms with E-state index in [1.54, 1.807) is 0 Å². The number of aromatic nitrogens is 2. The van der Waals surface area contributed by atoms with Crippen LogP contribution in [0, 0.1) is 0 Å². The molecular formula is C14H25N5. The Morgan fingerprint density at radius 2 is 2.00 bits per heavy atom. The molecule has 5 nitrogen and oxygen atoms in total. The molecule has 1 N–H and O–H groups in total. The number of nitrogens with zero attached hydrogens (tertiary/aromatic N) is 4. The van der Waals surface area contributed by atoms with Gasteiger partial charge in [-0.3, -0.25) is 0 Å². The average molecular weight is 263 g/mol. The fourth-order valence-corrected chi connectivity index (χ4v) is 2.20. The highest BCUT2D eigenvalue weighted by Gasteiger charge is 2.16. The summed E-state index contributed by atoms with van der Waals surface area (Å²) in [6.45, 7) is 7.39. The standard InChI is InChI=1S/C14H25N5/c1-3-4-5-7-15-13-6-8-16-14(17-13)19-11-9-18(2)10-12-19/h6,8H,3-5,7,9-12H2,1-2H3,(H,15,16,17). The van der Waals surface area contributed by atoms with Crippen molar-refractivity contribution in [3.8, 4) is 0 Å². The molecule has 5 heteroatoms. The molecule has 19 heavy (non-hydrogen) atoms. The van der Waals surface area contributed by atoms with Gasteiger partial charge in [0.15, 0.2) is 0 Å². The van der Waals surface area contributed by atoms with Crippen LogP contribution >= 0.6 is 0 Å². The zero-order valence-electron chi connectivity index (χ0n) is 12.1. The Kier molecular flexibility index (Phi) is 5.39. The number of unbranched alkanes of at least 4 members (excludes halogenated alkanes) is 2. The van der Waals surface area contributed by atoms with E-state index in [4.69, 9.17) is 0 Å². The van der Waals surface area contributed by atoms with E-state index in [9.17, 15) is 0 Å². The number of rotatable bonds is 6. The highest BCUT2D eigenvalue weighted by Crippen LogP contribution is 2.13. The van der Waals surface area contributed by atoms with Crippen LogP contribution in [-0.2, 0) is 0 Å². The van der Waals surface area contributed by atoms with Gasteiger partial charge in [-0.2, -0.15) is 4.98 Å². The summed E-state index contributed by atoms with van der Waals surface area (Å²) in [4.78, 5) is 13.6. The first-order valence-corrected chi connectivity index (χ1v) is 7.30. The second-order valence-electron chi connectivity index (χ2n) is 5.17. The zero-order chi connectivity index (χ0) is 13.5. The molecular weight excluding hydrogens is 238 g/mol. The van der Waals surface area contributed by atoms with Crippen molar-refractivity contribution in [3.05, 3.63) is 12.3 Å². The van der Waals surface area contributed by atoms with Gasteiger partial charge in [0.1, 0.15) is 5.82 Å². The second kappa shape index (κ2) is 7.28. The van der Waals surface area contributed by atoms with Crippen molar-refractivity contribution >= 4 is 11.8 Å². The molecule has 0 bridgehead atoms. The van der Waals surface area contributed by atoms with E-state index < -0.39 is 0 Å². The first-order chi connectivity index (χ1) is 9.29. The summed E-state index contributed by atoms with van der Waals surface area (Å²) < 4.78 is 0. The van der Waals surface area contributed by atoms with Crippen LogP contribution in [-0.4, -0.2) is 54.6 Å². The summed E-state index contributed by atoms with van der Waals surface area (Å²) in [6, 6.07) is 1.95. The fraction of sp³-hybridized carbons (Fsp3) is 0.714. The Hall–Kier alpha value is -1.36. The Labute approximate surface area is 116 Å². The van der Waals surface area contributed by atoms with E-state index in [1.165, 1.54) is 19.3 Å². The Morgan fingerprint density at radius 1 is 1.21 bits per heavy atom. The first-order valence-electron chi connectivity index (χ1n) is 7.30. The molecule has 0 unspecified atom stereocenters. The molecule has 1 fully saturated rings. The van der Waals surface area contributed by atoms with E-state index in [-0.39, 0.29) is 0 Å². The number of likely N-dealkylation sites (N-methyl/N-ethyl adjacent to an activating group) is 1. The number of hydrogen-bond donors (Lipinski definition) is 1. The number of anilines is 2. The lowest BCUT2D eigenvalue weighted by molar-refractivity contribution is 0.311. The lowest BCUT2D eigenvalue weighted by Crippen LogP contribution is -2.45. The van der Waals surface area contributed by atoms with Gasteiger partial charge < -0.3 is 15.1 Å². The normalized spacial score (nSPS) is 16.6. The largest absolute Gasteiger partial charge is 0.370 e. The minimum atomic E-state index is 0.855. The van der Waals surface area contributed by atoms with Crippen molar-refractivity contribution in [1.29, 1.82) is 0 Å². The van der Waals surface area contributed by atoms with Crippen molar-refractivity contribution in [2.75, 3.05) is 50.0 Å². The third kappa shape index (κ3) is 4.35. The fourth-order valence-electron chi connectivity index (χ4n) is 2.20. The first kappa shape index (κ1) is 14.1. The van der Waals surface area contributed by atoms with Crippen LogP contribution in [0.25, 0.3) is 0 Å². The SMILES string of the molecule is CCCCCNc1ccnc(N2CCN(C)CC2)n1. The summed E-state index contributed by atoms with van der Waals surface area (Å²) in [7, 11) is 2.16. The third-order valence-electron chi connectivity index (χ3n) is 3.52. The minimum Gasteiger partial charge on any atom is -0.370 e. The lowest BCUT2D eigenvalue weighted by Gasteiger charge is -2.32. The highest BCUT2D eigenvalue weighted by atomic mass is 15.3. The molecule has 1 aliphatic rings. The number of nitrogens with one attached hydrogen (secondary N) is 1. The second-order valence-corrected chi connectivity index (χ2v) is 5.17. The van der Waals surface area contributed by atoms with Gasteiger partial charge in [0.2, 0.25) is 5.95 Å². The quantitative estimate of drug-likeness (QED) is 0.793. The molecule has 1 aromatic heterocycles. The molecule has 0 spiro atoms. The molecule has 1 aromatic rings. The average Bonchev–Trinajstić information content (AvgIpc) is 2.45. The van der Waals surface area contributed by atoms with Crippen LogP contribution in [0.1, 0.15) is 26.2 Å². The molecule has 2 rings (SSSR count). The van der Waals surface area contributed by atoms with Crippen LogP contribution < -0.4 is 10.2 Å². The van der Waals surface area contributed by atoms with Gasteiger partial charge in [0.05, 0.1) is 0 Å². The monoisotopic (exact) mass is 263 g/mol. The molecule has 0 saturated carbocycles. The van der Waals surface area contributed by atoms with Crippen LogP contribution in [0.4, 0.5) is 11.8 Å². The van der Waals surface area contributed by atoms with Gasteiger partial charge in [-0.25, -0.2) is 4.98 Å². The zero-order valence-corrected chi connectivity index (χ0v) is 12.1. The van der Waals surface area contributed by atoms with E-state index in [2.05, 4.69) is 39.1 Å². The topological polar surface area (TPSA) is 44.3 Å². The van der Waals surface area contributed by atoms with Crippen molar-refractivity contribution in [1.82, 2.24) is 14.9 Å². The van der Waals surface area contributed by atoms with Crippen LogP contribution in [0.3, 0.4) is 0 Å². The van der Waals surface area contributed by atoms with Gasteiger partial charge >= 0.3 is 0 Å². The van der Waals surface area contributed by atoms with Crippen molar-refractivity contribution in [3.63, 3.8) is 0 Å². The van der Waals surface area contributed by atoms with Crippen molar-refractivity contribution < 1.29 is 0 Å². The maximum Gasteiger partial charge on any atom is 0.227 e. The maximum absolute atomic E-state index is 4.60. The van der Waals surface area contributed by atoms with Crippen molar-refractivity contribution in [2.24, 2.45) is 0 Å². The van der Waals surface area contributed by atoms with Gasteiger partial charge in [-0.1, -0.05) is 19.8 Å². The Bertz CT molecular complexity index is 374. The molecule has 106 valence electrons. The minimum absolute atomic E-state index is 0.855. The van der Waals surface area contributed by atoms with E-state index in [1.807, 2.05) is 12.3 Å². The van der Waals surface area contributed by atoms with E-state index in [0.29, 0.717) is 0 Å². The summed E-state index contributed by atoms with van der Waals surface area (Å²) in [6.07, 6.45) is 5.56. The number of piperazine rings is 1. The van der Waals surface area contributed by atoms with Crippen LogP contribution in [0.2, 0.25) is 0 Å². The smallest absolute Gasteiger partial charge is 0.227 e. The molecule has 2 heterocycles. The summed E-state index contributed by atoms with van der Waals surface area (Å²) in [5.41, 5.74) is 0. The predicted molar refractivity (Wildman–Crippen MR) is 79.8 cm³/mol. The number of hydrogen-bond acceptors (Lipinski definition) is 5. The summed E-state index contributed by atoms with van der Waals surface area (Å²) in [5, 5.41) is 3.38. The van der Waals surface area contributed by atoms with Crippen LogP contribution in [0.5, 0.6) is 0 Å². The Morgan fingerprint density at radius 3 is 2.74 bits per heavy atom. The summed E-state index contributed by atoms with van der Waals surface area (Å²) >= 11 is 0. The molecule has 0 aromatic carbocycles. The van der Waals surface area contributed by atoms with E-state index >= 15 is 0 Å². The highest BCUT2D eigenvalue weighted by molar-refractivity contribution is 5.41. The van der Waals surface area contributed by atoms with Gasteiger partial charge in [-0.05, 0) is 19.5 Å². The molecule has 0 radical (unpaired) electrons. The molecule has 0 atom stereocenters. The van der Waals surface area contributed by atoms with Crippen molar-refractivity contribution in [2.45, 2.75) is 26.2 Å². The molecule has 1 aliphatic heterocycles. The van der Waals surface area contributed by atoms with Gasteiger partial charge in [0.25, 0.3) is 0 Å². The third-order valence-corrected chi connectivity index (χ3v) is 3.52.